The Labute approximate surface area is 138 Å². The lowest BCUT2D eigenvalue weighted by Crippen LogP contribution is -2.23. The van der Waals surface area contributed by atoms with Crippen molar-refractivity contribution in [2.75, 3.05) is 6.54 Å². The Bertz CT molecular complexity index is 656. The molecule has 118 valence electrons. The van der Waals surface area contributed by atoms with E-state index < -0.39 is 0 Å². The summed E-state index contributed by atoms with van der Waals surface area (Å²) in [5, 5.41) is 4.15. The van der Waals surface area contributed by atoms with Crippen molar-refractivity contribution in [1.29, 1.82) is 0 Å². The largest absolute Gasteiger partial charge is 0.359 e. The highest BCUT2D eigenvalue weighted by Gasteiger charge is 2.30. The molecule has 1 aromatic heterocycles. The van der Waals surface area contributed by atoms with Crippen molar-refractivity contribution in [2.45, 2.75) is 45.2 Å². The van der Waals surface area contributed by atoms with Gasteiger partial charge in [-0.15, -0.1) is 0 Å². The average Bonchev–Trinajstić information content (AvgIpc) is 3.11. The van der Waals surface area contributed by atoms with Gasteiger partial charge in [-0.25, -0.2) is 4.39 Å². The lowest BCUT2D eigenvalue weighted by Gasteiger charge is -2.22. The Hall–Kier alpha value is -1.20. The first-order valence-electron chi connectivity index (χ1n) is 7.69. The first-order valence-corrected chi connectivity index (χ1v) is 8.48. The molecular formula is C17H20BrFN2O. The summed E-state index contributed by atoms with van der Waals surface area (Å²) in [6.45, 7) is 5.75. The number of nitrogens with zero attached hydrogens (tertiary/aromatic N) is 2. The molecule has 5 heteroatoms. The standard InChI is InChI=1S/C17H20BrFN2O/c1-11(2)15-9-17(22-20-15)16-4-3-7-21(16)10-12-8-13(18)5-6-14(12)19/h5-6,8-9,11,16H,3-4,7,10H2,1-2H3/t16-/m0/s1. The predicted molar refractivity (Wildman–Crippen MR) is 87.1 cm³/mol. The van der Waals surface area contributed by atoms with Gasteiger partial charge in [-0.05, 0) is 43.5 Å². The van der Waals surface area contributed by atoms with Gasteiger partial charge in [0.05, 0.1) is 11.7 Å². The van der Waals surface area contributed by atoms with E-state index in [-0.39, 0.29) is 11.9 Å². The van der Waals surface area contributed by atoms with Crippen molar-refractivity contribution in [3.63, 3.8) is 0 Å². The minimum Gasteiger partial charge on any atom is -0.359 e. The van der Waals surface area contributed by atoms with Gasteiger partial charge in [0.2, 0.25) is 0 Å². The summed E-state index contributed by atoms with van der Waals surface area (Å²) in [5.41, 5.74) is 1.69. The van der Waals surface area contributed by atoms with E-state index >= 15 is 0 Å². The van der Waals surface area contributed by atoms with Crippen molar-refractivity contribution in [3.8, 4) is 0 Å². The molecule has 0 amide bonds. The summed E-state index contributed by atoms with van der Waals surface area (Å²) in [4.78, 5) is 2.27. The Morgan fingerprint density at radius 1 is 1.41 bits per heavy atom. The molecule has 0 spiro atoms. The molecular weight excluding hydrogens is 347 g/mol. The van der Waals surface area contributed by atoms with Crippen molar-refractivity contribution in [1.82, 2.24) is 10.1 Å². The van der Waals surface area contributed by atoms with Gasteiger partial charge in [0.25, 0.3) is 0 Å². The second-order valence-electron chi connectivity index (χ2n) is 6.17. The van der Waals surface area contributed by atoms with Crippen LogP contribution in [0.1, 0.15) is 55.7 Å². The van der Waals surface area contributed by atoms with Gasteiger partial charge in [0.1, 0.15) is 5.82 Å². The third kappa shape index (κ3) is 3.25. The molecule has 0 aliphatic carbocycles. The fourth-order valence-electron chi connectivity index (χ4n) is 2.95. The summed E-state index contributed by atoms with van der Waals surface area (Å²) < 4.78 is 20.4. The normalized spacial score (nSPS) is 19.2. The third-order valence-corrected chi connectivity index (χ3v) is 4.70. The zero-order valence-electron chi connectivity index (χ0n) is 12.9. The monoisotopic (exact) mass is 366 g/mol. The maximum absolute atomic E-state index is 14.0. The highest BCUT2D eigenvalue weighted by atomic mass is 79.9. The van der Waals surface area contributed by atoms with E-state index in [1.54, 1.807) is 6.07 Å². The summed E-state index contributed by atoms with van der Waals surface area (Å²) in [6, 6.07) is 7.33. The van der Waals surface area contributed by atoms with Gasteiger partial charge in [-0.2, -0.15) is 0 Å². The summed E-state index contributed by atoms with van der Waals surface area (Å²) >= 11 is 3.41. The van der Waals surface area contributed by atoms with Gasteiger partial charge in [-0.1, -0.05) is 34.9 Å². The topological polar surface area (TPSA) is 29.3 Å². The van der Waals surface area contributed by atoms with Crippen molar-refractivity contribution >= 4 is 15.9 Å². The van der Waals surface area contributed by atoms with E-state index in [4.69, 9.17) is 4.52 Å². The molecule has 22 heavy (non-hydrogen) atoms. The minimum absolute atomic E-state index is 0.158. The second-order valence-corrected chi connectivity index (χ2v) is 7.09. The molecule has 0 saturated carbocycles. The van der Waals surface area contributed by atoms with E-state index in [0.29, 0.717) is 18.0 Å². The van der Waals surface area contributed by atoms with Crippen LogP contribution in [-0.4, -0.2) is 16.6 Å². The maximum atomic E-state index is 14.0. The van der Waals surface area contributed by atoms with Crippen LogP contribution >= 0.6 is 15.9 Å². The first kappa shape index (κ1) is 15.7. The Morgan fingerprint density at radius 2 is 2.23 bits per heavy atom. The third-order valence-electron chi connectivity index (χ3n) is 4.21. The Kier molecular flexibility index (Phi) is 4.64. The number of hydrogen-bond donors (Lipinski definition) is 0. The molecule has 0 N–H and O–H groups in total. The van der Waals surface area contributed by atoms with E-state index in [0.717, 1.165) is 35.3 Å². The quantitative estimate of drug-likeness (QED) is 0.759. The van der Waals surface area contributed by atoms with Gasteiger partial charge in [-0.3, -0.25) is 4.90 Å². The number of likely N-dealkylation sites (tertiary alicyclic amines) is 1. The average molecular weight is 367 g/mol. The van der Waals surface area contributed by atoms with Crippen LogP contribution in [0.5, 0.6) is 0 Å². The Morgan fingerprint density at radius 3 is 2.95 bits per heavy atom. The maximum Gasteiger partial charge on any atom is 0.154 e. The van der Waals surface area contributed by atoms with E-state index in [9.17, 15) is 4.39 Å². The molecule has 0 radical (unpaired) electrons. The van der Waals surface area contributed by atoms with E-state index in [1.807, 2.05) is 12.1 Å². The van der Waals surface area contributed by atoms with Crippen molar-refractivity contribution in [3.05, 3.63) is 51.6 Å². The SMILES string of the molecule is CC(C)c1cc([C@@H]2CCCN2Cc2cc(Br)ccc2F)on1. The van der Waals surface area contributed by atoms with Gasteiger partial charge >= 0.3 is 0 Å². The van der Waals surface area contributed by atoms with Crippen LogP contribution in [0.15, 0.2) is 33.3 Å². The summed E-state index contributed by atoms with van der Waals surface area (Å²) in [5.74, 6) is 1.10. The molecule has 2 heterocycles. The van der Waals surface area contributed by atoms with E-state index in [2.05, 4.69) is 39.8 Å². The number of rotatable bonds is 4. The molecule has 1 fully saturated rings. The Balaban J connectivity index is 1.79. The fourth-order valence-corrected chi connectivity index (χ4v) is 3.36. The zero-order valence-corrected chi connectivity index (χ0v) is 14.4. The van der Waals surface area contributed by atoms with Crippen LogP contribution in [0.3, 0.4) is 0 Å². The number of hydrogen-bond acceptors (Lipinski definition) is 3. The molecule has 1 atom stereocenters. The molecule has 1 aromatic carbocycles. The van der Waals surface area contributed by atoms with Crippen LogP contribution in [0, 0.1) is 5.82 Å². The lowest BCUT2D eigenvalue weighted by atomic mass is 10.1. The fraction of sp³-hybridized carbons (Fsp3) is 0.471. The summed E-state index contributed by atoms with van der Waals surface area (Å²) in [7, 11) is 0. The van der Waals surface area contributed by atoms with Crippen molar-refractivity contribution in [2.24, 2.45) is 0 Å². The van der Waals surface area contributed by atoms with Crippen LogP contribution < -0.4 is 0 Å². The zero-order chi connectivity index (χ0) is 15.7. The predicted octanol–water partition coefficient (Wildman–Crippen LogP) is 5.04. The summed E-state index contributed by atoms with van der Waals surface area (Å²) in [6.07, 6.45) is 2.13. The van der Waals surface area contributed by atoms with Crippen LogP contribution in [0.2, 0.25) is 0 Å². The highest BCUT2D eigenvalue weighted by molar-refractivity contribution is 9.10. The number of halogens is 2. The molecule has 3 nitrogen and oxygen atoms in total. The lowest BCUT2D eigenvalue weighted by molar-refractivity contribution is 0.204. The van der Waals surface area contributed by atoms with Gasteiger partial charge < -0.3 is 4.52 Å². The molecule has 1 aliphatic rings. The first-order chi connectivity index (χ1) is 10.5. The van der Waals surface area contributed by atoms with Gasteiger partial charge in [0.15, 0.2) is 5.76 Å². The smallest absolute Gasteiger partial charge is 0.154 e. The number of benzene rings is 1. The van der Waals surface area contributed by atoms with E-state index in [1.165, 1.54) is 6.07 Å². The molecule has 3 rings (SSSR count). The van der Waals surface area contributed by atoms with Gasteiger partial charge in [0, 0.05) is 22.6 Å². The highest BCUT2D eigenvalue weighted by Crippen LogP contribution is 2.34. The van der Waals surface area contributed by atoms with Crippen LogP contribution in [-0.2, 0) is 6.54 Å². The minimum atomic E-state index is -0.158. The number of aromatic nitrogens is 1. The van der Waals surface area contributed by atoms with Crippen LogP contribution in [0.25, 0.3) is 0 Å². The molecule has 1 aliphatic heterocycles. The van der Waals surface area contributed by atoms with Crippen LogP contribution in [0.4, 0.5) is 4.39 Å². The molecule has 0 bridgehead atoms. The molecule has 0 unspecified atom stereocenters. The molecule has 1 saturated heterocycles. The second kappa shape index (κ2) is 6.50. The van der Waals surface area contributed by atoms with Crippen molar-refractivity contribution < 1.29 is 8.91 Å². The molecule has 2 aromatic rings.